The number of ether oxygens (including phenoxy) is 1. The molecule has 0 radical (unpaired) electrons. The maximum absolute atomic E-state index is 12.0. The lowest BCUT2D eigenvalue weighted by atomic mass is 9.98. The predicted octanol–water partition coefficient (Wildman–Crippen LogP) is 3.71. The summed E-state index contributed by atoms with van der Waals surface area (Å²) in [6, 6.07) is 0. The molecule has 1 N–H and O–H groups in total. The van der Waals surface area contributed by atoms with Crippen molar-refractivity contribution >= 4 is 11.9 Å². The van der Waals surface area contributed by atoms with E-state index in [9.17, 15) is 22.8 Å². The molecule has 0 aromatic heterocycles. The maximum atomic E-state index is 12.0. The third-order valence-corrected chi connectivity index (χ3v) is 2.84. The van der Waals surface area contributed by atoms with E-state index in [1.807, 2.05) is 0 Å². The van der Waals surface area contributed by atoms with Crippen molar-refractivity contribution in [3.05, 3.63) is 12.7 Å². The summed E-state index contributed by atoms with van der Waals surface area (Å²) in [4.78, 5) is 22.3. The van der Waals surface area contributed by atoms with E-state index in [-0.39, 0.29) is 19.4 Å². The second kappa shape index (κ2) is 10.2. The quantitative estimate of drug-likeness (QED) is 0.359. The van der Waals surface area contributed by atoms with Crippen molar-refractivity contribution in [3.63, 3.8) is 0 Å². The first kappa shape index (κ1) is 19.5. The molecule has 1 atom stereocenters. The topological polar surface area (TPSA) is 63.6 Å². The Kier molecular flexibility index (Phi) is 9.49. The van der Waals surface area contributed by atoms with Crippen molar-refractivity contribution in [3.8, 4) is 0 Å². The van der Waals surface area contributed by atoms with Gasteiger partial charge in [-0.1, -0.05) is 6.08 Å². The largest absolute Gasteiger partial charge is 0.481 e. The summed E-state index contributed by atoms with van der Waals surface area (Å²) in [6.45, 7) is 3.73. The summed E-state index contributed by atoms with van der Waals surface area (Å²) in [7, 11) is 0. The van der Waals surface area contributed by atoms with E-state index in [1.54, 1.807) is 6.08 Å². The van der Waals surface area contributed by atoms with E-state index in [1.165, 1.54) is 0 Å². The number of carboxylic acids is 1. The van der Waals surface area contributed by atoms with Crippen molar-refractivity contribution < 1.29 is 32.6 Å². The van der Waals surface area contributed by atoms with Crippen LogP contribution in [0, 0.1) is 5.92 Å². The van der Waals surface area contributed by atoms with Gasteiger partial charge in [-0.2, -0.15) is 13.2 Å². The summed E-state index contributed by atoms with van der Waals surface area (Å²) < 4.78 is 40.8. The van der Waals surface area contributed by atoms with E-state index < -0.39 is 36.9 Å². The number of halogens is 3. The standard InChI is InChI=1S/C14H21F3O4/c1-2-3-4-5-9-21-12(18)10-11(13(19)20)7-6-8-14(15,16)17/h2,11H,1,3-10H2,(H,19,20). The summed E-state index contributed by atoms with van der Waals surface area (Å²) >= 11 is 0. The van der Waals surface area contributed by atoms with Crippen LogP contribution in [-0.2, 0) is 14.3 Å². The fraction of sp³-hybridized carbons (Fsp3) is 0.714. The van der Waals surface area contributed by atoms with Gasteiger partial charge >= 0.3 is 18.1 Å². The van der Waals surface area contributed by atoms with Gasteiger partial charge in [-0.3, -0.25) is 9.59 Å². The molecule has 0 saturated heterocycles. The van der Waals surface area contributed by atoms with E-state index in [4.69, 9.17) is 9.84 Å². The number of alkyl halides is 3. The van der Waals surface area contributed by atoms with Gasteiger partial charge in [-0.15, -0.1) is 6.58 Å². The summed E-state index contributed by atoms with van der Waals surface area (Å²) in [5.41, 5.74) is 0. The van der Waals surface area contributed by atoms with Gasteiger partial charge in [-0.05, 0) is 32.1 Å². The lowest BCUT2D eigenvalue weighted by Gasteiger charge is -2.12. The maximum Gasteiger partial charge on any atom is 0.389 e. The first-order valence-corrected chi connectivity index (χ1v) is 6.82. The molecule has 0 aromatic rings. The molecule has 0 aliphatic heterocycles. The lowest BCUT2D eigenvalue weighted by molar-refractivity contribution is -0.153. The van der Waals surface area contributed by atoms with Gasteiger partial charge in [0.25, 0.3) is 0 Å². The molecular formula is C14H21F3O4. The minimum atomic E-state index is -4.31. The van der Waals surface area contributed by atoms with E-state index in [2.05, 4.69) is 6.58 Å². The van der Waals surface area contributed by atoms with Crippen LogP contribution >= 0.6 is 0 Å². The first-order chi connectivity index (χ1) is 9.76. The van der Waals surface area contributed by atoms with E-state index in [0.29, 0.717) is 6.42 Å². The third-order valence-electron chi connectivity index (χ3n) is 2.84. The molecule has 0 fully saturated rings. The molecule has 0 aliphatic rings. The molecular weight excluding hydrogens is 289 g/mol. The van der Waals surface area contributed by atoms with Crippen molar-refractivity contribution in [2.75, 3.05) is 6.61 Å². The highest BCUT2D eigenvalue weighted by Gasteiger charge is 2.28. The second-order valence-electron chi connectivity index (χ2n) is 4.75. The average Bonchev–Trinajstić information content (AvgIpc) is 2.35. The fourth-order valence-electron chi connectivity index (χ4n) is 1.70. The second-order valence-corrected chi connectivity index (χ2v) is 4.75. The molecule has 4 nitrogen and oxygen atoms in total. The fourth-order valence-corrected chi connectivity index (χ4v) is 1.70. The van der Waals surface area contributed by atoms with Crippen LogP contribution in [-0.4, -0.2) is 29.8 Å². The summed E-state index contributed by atoms with van der Waals surface area (Å²) in [5.74, 6) is -3.10. The Bertz CT molecular complexity index is 340. The molecule has 1 unspecified atom stereocenters. The highest BCUT2D eigenvalue weighted by Crippen LogP contribution is 2.24. The molecule has 0 amide bonds. The highest BCUT2D eigenvalue weighted by atomic mass is 19.4. The number of unbranched alkanes of at least 4 members (excludes halogenated alkanes) is 2. The number of esters is 1. The van der Waals surface area contributed by atoms with Crippen molar-refractivity contribution in [1.29, 1.82) is 0 Å². The van der Waals surface area contributed by atoms with Gasteiger partial charge in [0, 0.05) is 6.42 Å². The third kappa shape index (κ3) is 12.0. The van der Waals surface area contributed by atoms with E-state index >= 15 is 0 Å². The summed E-state index contributed by atoms with van der Waals surface area (Å²) in [6.07, 6.45) is -2.27. The zero-order valence-electron chi connectivity index (χ0n) is 11.8. The molecule has 0 saturated carbocycles. The molecule has 0 heterocycles. The minimum Gasteiger partial charge on any atom is -0.481 e. The van der Waals surface area contributed by atoms with Crippen LogP contribution in [0.1, 0.15) is 44.9 Å². The number of carbonyl (C=O) groups is 2. The number of carboxylic acid groups (broad SMARTS) is 1. The summed E-state index contributed by atoms with van der Waals surface area (Å²) in [5, 5.41) is 8.89. The first-order valence-electron chi connectivity index (χ1n) is 6.82. The van der Waals surface area contributed by atoms with Gasteiger partial charge in [0.2, 0.25) is 0 Å². The Balaban J connectivity index is 3.99. The number of aliphatic carboxylic acids is 1. The smallest absolute Gasteiger partial charge is 0.389 e. The molecule has 0 bridgehead atoms. The Labute approximate surface area is 122 Å². The zero-order valence-corrected chi connectivity index (χ0v) is 11.8. The Morgan fingerprint density at radius 2 is 1.90 bits per heavy atom. The number of hydrogen-bond acceptors (Lipinski definition) is 3. The van der Waals surface area contributed by atoms with Crippen LogP contribution in [0.15, 0.2) is 12.7 Å². The number of carbonyl (C=O) groups excluding carboxylic acids is 1. The van der Waals surface area contributed by atoms with Gasteiger partial charge in [0.05, 0.1) is 18.9 Å². The SMILES string of the molecule is C=CCCCCOC(=O)CC(CCCC(F)(F)F)C(=O)O. The molecule has 0 spiro atoms. The van der Waals surface area contributed by atoms with Crippen LogP contribution < -0.4 is 0 Å². The zero-order chi connectivity index (χ0) is 16.3. The van der Waals surface area contributed by atoms with Gasteiger partial charge in [0.15, 0.2) is 0 Å². The highest BCUT2D eigenvalue weighted by molar-refractivity contribution is 5.78. The van der Waals surface area contributed by atoms with Gasteiger partial charge in [-0.25, -0.2) is 0 Å². The molecule has 0 rings (SSSR count). The van der Waals surface area contributed by atoms with Crippen LogP contribution in [0.5, 0.6) is 0 Å². The lowest BCUT2D eigenvalue weighted by Crippen LogP contribution is -2.20. The Morgan fingerprint density at radius 3 is 2.43 bits per heavy atom. The molecule has 7 heteroatoms. The Hall–Kier alpha value is -1.53. The monoisotopic (exact) mass is 310 g/mol. The molecule has 0 aromatic carbocycles. The van der Waals surface area contributed by atoms with E-state index in [0.717, 1.165) is 12.8 Å². The molecule has 0 aliphatic carbocycles. The van der Waals surface area contributed by atoms with Gasteiger partial charge in [0.1, 0.15) is 0 Å². The van der Waals surface area contributed by atoms with Crippen molar-refractivity contribution in [1.82, 2.24) is 0 Å². The van der Waals surface area contributed by atoms with Crippen molar-refractivity contribution in [2.45, 2.75) is 51.1 Å². The molecule has 21 heavy (non-hydrogen) atoms. The number of hydrogen-bond donors (Lipinski definition) is 1. The van der Waals surface area contributed by atoms with Crippen LogP contribution in [0.25, 0.3) is 0 Å². The van der Waals surface area contributed by atoms with Gasteiger partial charge < -0.3 is 9.84 Å². The van der Waals surface area contributed by atoms with Crippen LogP contribution in [0.4, 0.5) is 13.2 Å². The molecule has 122 valence electrons. The Morgan fingerprint density at radius 1 is 1.24 bits per heavy atom. The number of allylic oxidation sites excluding steroid dienone is 1. The average molecular weight is 310 g/mol. The van der Waals surface area contributed by atoms with Crippen LogP contribution in [0.3, 0.4) is 0 Å². The number of rotatable bonds is 11. The van der Waals surface area contributed by atoms with Crippen molar-refractivity contribution in [2.24, 2.45) is 5.92 Å². The predicted molar refractivity (Wildman–Crippen MR) is 70.7 cm³/mol. The normalized spacial score (nSPS) is 12.7. The minimum absolute atomic E-state index is 0.182. The van der Waals surface area contributed by atoms with Crippen LogP contribution in [0.2, 0.25) is 0 Å².